The highest BCUT2D eigenvalue weighted by atomic mass is 19.1. The van der Waals surface area contributed by atoms with E-state index in [0.717, 1.165) is 6.07 Å². The quantitative estimate of drug-likeness (QED) is 0.798. The first-order valence-electron chi connectivity index (χ1n) is 6.07. The summed E-state index contributed by atoms with van der Waals surface area (Å²) in [5.74, 6) is -3.39. The van der Waals surface area contributed by atoms with Gasteiger partial charge in [-0.15, -0.1) is 0 Å². The van der Waals surface area contributed by atoms with Crippen LogP contribution in [0.25, 0.3) is 0 Å². The molecule has 2 N–H and O–H groups in total. The van der Waals surface area contributed by atoms with Crippen molar-refractivity contribution in [2.75, 3.05) is 11.4 Å². The van der Waals surface area contributed by atoms with Crippen LogP contribution in [0.5, 0.6) is 0 Å². The monoisotopic (exact) mass is 280 g/mol. The van der Waals surface area contributed by atoms with E-state index in [4.69, 9.17) is 5.11 Å². The molecule has 0 aliphatic carbocycles. The molecule has 1 atom stereocenters. The van der Waals surface area contributed by atoms with Crippen LogP contribution in [0, 0.1) is 5.82 Å². The number of nitrogens with zero attached hydrogens (tertiary/aromatic N) is 1. The lowest BCUT2D eigenvalue weighted by atomic mass is 10.0. The number of hydrogen-bond acceptors (Lipinski definition) is 4. The Bertz CT molecular complexity index is 588. The van der Waals surface area contributed by atoms with Crippen LogP contribution < -0.4 is 10.2 Å². The summed E-state index contributed by atoms with van der Waals surface area (Å²) in [7, 11) is 0. The number of imide groups is 1. The smallest absolute Gasteiger partial charge is 0.340 e. The highest BCUT2D eigenvalue weighted by Crippen LogP contribution is 2.27. The van der Waals surface area contributed by atoms with Gasteiger partial charge in [-0.25, -0.2) is 9.18 Å². The van der Waals surface area contributed by atoms with Crippen LogP contribution in [0.3, 0.4) is 0 Å². The third kappa shape index (κ3) is 2.34. The number of carboxylic acid groups (broad SMARTS) is 1. The zero-order valence-electron chi connectivity index (χ0n) is 10.7. The van der Waals surface area contributed by atoms with Gasteiger partial charge in [0.05, 0.1) is 12.2 Å². The molecule has 1 aromatic carbocycles. The molecule has 20 heavy (non-hydrogen) atoms. The number of rotatable bonds is 3. The predicted octanol–water partition coefficient (Wildman–Crippen LogP) is 0.765. The van der Waals surface area contributed by atoms with Gasteiger partial charge in [0.1, 0.15) is 17.4 Å². The number of amides is 2. The van der Waals surface area contributed by atoms with Crippen LogP contribution in [0.15, 0.2) is 18.2 Å². The molecule has 2 rings (SSSR count). The lowest BCUT2D eigenvalue weighted by Crippen LogP contribution is -2.58. The summed E-state index contributed by atoms with van der Waals surface area (Å²) in [5.41, 5.74) is -0.499. The Morgan fingerprint density at radius 1 is 1.50 bits per heavy atom. The van der Waals surface area contributed by atoms with Gasteiger partial charge in [0.25, 0.3) is 0 Å². The minimum Gasteiger partial charge on any atom is -0.478 e. The maximum absolute atomic E-state index is 13.7. The zero-order chi connectivity index (χ0) is 14.9. The first-order valence-corrected chi connectivity index (χ1v) is 6.07. The van der Waals surface area contributed by atoms with Crippen molar-refractivity contribution >= 4 is 23.5 Å². The molecule has 6 nitrogen and oxygen atoms in total. The Kier molecular flexibility index (Phi) is 3.69. The van der Waals surface area contributed by atoms with Gasteiger partial charge in [0.15, 0.2) is 0 Å². The molecular weight excluding hydrogens is 267 g/mol. The Morgan fingerprint density at radius 3 is 2.80 bits per heavy atom. The van der Waals surface area contributed by atoms with Crippen LogP contribution in [0.2, 0.25) is 0 Å². The van der Waals surface area contributed by atoms with Crippen molar-refractivity contribution < 1.29 is 23.9 Å². The van der Waals surface area contributed by atoms with Gasteiger partial charge >= 0.3 is 5.97 Å². The molecule has 0 radical (unpaired) electrons. The summed E-state index contributed by atoms with van der Waals surface area (Å²) in [6.45, 7) is 1.54. The number of carbonyl (C=O) groups excluding carboxylic acids is 2. The fraction of sp³-hybridized carbons (Fsp3) is 0.308. The standard InChI is InChI=1S/C13H13FN2O4/c1-2-8-12(18)15-10(17)6-16(8)9-5-3-4-7(14)11(9)13(19)20/h3-5,8H,2,6H2,1H3,(H,19,20)(H,15,17,18). The summed E-state index contributed by atoms with van der Waals surface area (Å²) < 4.78 is 13.7. The lowest BCUT2D eigenvalue weighted by molar-refractivity contribution is -0.132. The number of nitrogens with one attached hydrogen (secondary N) is 1. The average Bonchev–Trinajstić information content (AvgIpc) is 2.37. The van der Waals surface area contributed by atoms with Gasteiger partial charge in [0.2, 0.25) is 11.8 Å². The van der Waals surface area contributed by atoms with Crippen LogP contribution in [0.4, 0.5) is 10.1 Å². The van der Waals surface area contributed by atoms with Crippen LogP contribution in [-0.2, 0) is 9.59 Å². The second-order valence-corrected chi connectivity index (χ2v) is 4.40. The molecule has 1 unspecified atom stereocenters. The van der Waals surface area contributed by atoms with E-state index in [-0.39, 0.29) is 12.2 Å². The van der Waals surface area contributed by atoms with Crippen LogP contribution >= 0.6 is 0 Å². The van der Waals surface area contributed by atoms with Crippen molar-refractivity contribution in [1.29, 1.82) is 0 Å². The molecule has 1 aromatic rings. The number of carbonyl (C=O) groups is 3. The van der Waals surface area contributed by atoms with E-state index < -0.39 is 35.2 Å². The van der Waals surface area contributed by atoms with Gasteiger partial charge in [-0.1, -0.05) is 13.0 Å². The Hall–Kier alpha value is -2.44. The Morgan fingerprint density at radius 2 is 2.20 bits per heavy atom. The molecule has 1 aliphatic rings. The van der Waals surface area contributed by atoms with Crippen molar-refractivity contribution in [2.45, 2.75) is 19.4 Å². The molecule has 0 aromatic heterocycles. The van der Waals surface area contributed by atoms with Gasteiger partial charge < -0.3 is 10.0 Å². The van der Waals surface area contributed by atoms with Gasteiger partial charge in [-0.05, 0) is 18.6 Å². The second-order valence-electron chi connectivity index (χ2n) is 4.40. The number of halogens is 1. The average molecular weight is 280 g/mol. The molecule has 0 bridgehead atoms. The first kappa shape index (κ1) is 14.0. The molecule has 1 saturated heterocycles. The number of piperazine rings is 1. The zero-order valence-corrected chi connectivity index (χ0v) is 10.7. The van der Waals surface area contributed by atoms with Crippen LogP contribution in [0.1, 0.15) is 23.7 Å². The Labute approximate surface area is 114 Å². The third-order valence-corrected chi connectivity index (χ3v) is 3.16. The van der Waals surface area contributed by atoms with Gasteiger partial charge in [-0.2, -0.15) is 0 Å². The van der Waals surface area contributed by atoms with Crippen molar-refractivity contribution in [3.63, 3.8) is 0 Å². The third-order valence-electron chi connectivity index (χ3n) is 3.16. The SMILES string of the molecule is CCC1C(=O)NC(=O)CN1c1cccc(F)c1C(=O)O. The van der Waals surface area contributed by atoms with Crippen molar-refractivity contribution in [3.05, 3.63) is 29.6 Å². The summed E-state index contributed by atoms with van der Waals surface area (Å²) in [4.78, 5) is 35.8. The predicted molar refractivity (Wildman–Crippen MR) is 67.9 cm³/mol. The summed E-state index contributed by atoms with van der Waals surface area (Å²) in [6.07, 6.45) is 0.370. The lowest BCUT2D eigenvalue weighted by Gasteiger charge is -2.35. The summed E-state index contributed by atoms with van der Waals surface area (Å²) in [5, 5.41) is 11.3. The van der Waals surface area contributed by atoms with Gasteiger partial charge in [0, 0.05) is 0 Å². The molecule has 0 spiro atoms. The number of benzene rings is 1. The van der Waals surface area contributed by atoms with E-state index in [1.807, 2.05) is 0 Å². The molecule has 2 amide bonds. The molecule has 7 heteroatoms. The maximum atomic E-state index is 13.7. The highest BCUT2D eigenvalue weighted by Gasteiger charge is 2.35. The number of carboxylic acids is 1. The fourth-order valence-corrected chi connectivity index (χ4v) is 2.29. The van der Waals surface area contributed by atoms with E-state index in [0.29, 0.717) is 6.42 Å². The normalized spacial score (nSPS) is 18.9. The van der Waals surface area contributed by atoms with Gasteiger partial charge in [-0.3, -0.25) is 14.9 Å². The van der Waals surface area contributed by atoms with E-state index in [1.165, 1.54) is 17.0 Å². The maximum Gasteiger partial charge on any atom is 0.340 e. The first-order chi connectivity index (χ1) is 9.45. The Balaban J connectivity index is 2.53. The van der Waals surface area contributed by atoms with Crippen molar-refractivity contribution in [3.8, 4) is 0 Å². The van der Waals surface area contributed by atoms with E-state index in [9.17, 15) is 18.8 Å². The minimum absolute atomic E-state index is 0.0348. The molecule has 1 heterocycles. The molecular formula is C13H13FN2O4. The van der Waals surface area contributed by atoms with Crippen LogP contribution in [-0.4, -0.2) is 35.5 Å². The summed E-state index contributed by atoms with van der Waals surface area (Å²) in [6, 6.07) is 3.06. The highest BCUT2D eigenvalue weighted by molar-refractivity contribution is 6.06. The summed E-state index contributed by atoms with van der Waals surface area (Å²) >= 11 is 0. The molecule has 106 valence electrons. The number of hydrogen-bond donors (Lipinski definition) is 2. The largest absolute Gasteiger partial charge is 0.478 e. The van der Waals surface area contributed by atoms with E-state index >= 15 is 0 Å². The van der Waals surface area contributed by atoms with E-state index in [1.54, 1.807) is 6.92 Å². The van der Waals surface area contributed by atoms with Crippen molar-refractivity contribution in [2.24, 2.45) is 0 Å². The van der Waals surface area contributed by atoms with Crippen molar-refractivity contribution in [1.82, 2.24) is 5.32 Å². The topological polar surface area (TPSA) is 86.7 Å². The second kappa shape index (κ2) is 5.28. The van der Waals surface area contributed by atoms with E-state index in [2.05, 4.69) is 5.32 Å². The number of aromatic carboxylic acids is 1. The fourth-order valence-electron chi connectivity index (χ4n) is 2.29. The molecule has 1 fully saturated rings. The minimum atomic E-state index is -1.44. The molecule has 0 saturated carbocycles. The molecule has 1 aliphatic heterocycles. The number of anilines is 1.